The van der Waals surface area contributed by atoms with Crippen molar-refractivity contribution in [3.8, 4) is 0 Å². The number of carbonyl (C=O) groups is 2. The van der Waals surface area contributed by atoms with E-state index in [2.05, 4.69) is 52.9 Å². The molecule has 1 aromatic heterocycles. The molecule has 0 N–H and O–H groups in total. The second-order valence-electron chi connectivity index (χ2n) is 10.9. The topological polar surface area (TPSA) is 74.7 Å². The minimum atomic E-state index is -1.05. The van der Waals surface area contributed by atoms with Crippen molar-refractivity contribution in [3.05, 3.63) is 45.1 Å². The van der Waals surface area contributed by atoms with Gasteiger partial charge in [-0.15, -0.1) is 20.6 Å². The second kappa shape index (κ2) is 11.1. The standard InChI is InChI=1S/C27H37N4O4PS/c1-17-15-19-23(37-17)28-20-9-7-8-10-21(20)31(24(19)30-13-11-29(6)12-14-30)26(33)35-18(2)34-25(32)22(36)16-27(3,4)5/h7-10,15,18,22H,11-14,16,36H2,1-6H3. The number of nitrogens with zero attached hydrogens (tertiary/aromatic N) is 4. The maximum absolute atomic E-state index is 13.8. The molecule has 1 fully saturated rings. The van der Waals surface area contributed by atoms with Gasteiger partial charge < -0.3 is 19.3 Å². The Morgan fingerprint density at radius 2 is 1.81 bits per heavy atom. The number of anilines is 1. The van der Waals surface area contributed by atoms with E-state index in [1.807, 2.05) is 31.2 Å². The second-order valence-corrected chi connectivity index (χ2v) is 12.9. The molecule has 1 amide bonds. The van der Waals surface area contributed by atoms with Gasteiger partial charge in [-0.1, -0.05) is 32.9 Å². The van der Waals surface area contributed by atoms with Crippen molar-refractivity contribution in [1.82, 2.24) is 9.80 Å². The van der Waals surface area contributed by atoms with Gasteiger partial charge in [0, 0.05) is 38.0 Å². The van der Waals surface area contributed by atoms with Gasteiger partial charge in [-0.2, -0.15) is 0 Å². The lowest BCUT2D eigenvalue weighted by Gasteiger charge is -2.39. The highest BCUT2D eigenvalue weighted by Gasteiger charge is 2.34. The SMILES string of the molecule is Cc1cc2c(s1)=Nc1ccccc1N(C(=O)OC(C)OC(=O)C(P)CC(C)(C)C)C=2N1CCN(C)CC1. The molecule has 2 aromatic rings. The van der Waals surface area contributed by atoms with Crippen LogP contribution in [0.25, 0.3) is 5.82 Å². The molecule has 2 aliphatic rings. The lowest BCUT2D eigenvalue weighted by atomic mass is 9.90. The smallest absolute Gasteiger partial charge is 0.423 e. The fourth-order valence-corrected chi connectivity index (χ4v) is 6.24. The number of likely N-dealkylation sites (N-methyl/N-ethyl adjacent to an activating group) is 1. The molecule has 10 heteroatoms. The van der Waals surface area contributed by atoms with Gasteiger partial charge in [0.1, 0.15) is 10.5 Å². The number of fused-ring (bicyclic) bond motifs is 2. The van der Waals surface area contributed by atoms with Gasteiger partial charge in [-0.3, -0.25) is 4.79 Å². The summed E-state index contributed by atoms with van der Waals surface area (Å²) in [6.45, 7) is 13.1. The Labute approximate surface area is 225 Å². The summed E-state index contributed by atoms with van der Waals surface area (Å²) in [6, 6.07) is 9.65. The summed E-state index contributed by atoms with van der Waals surface area (Å²) in [4.78, 5) is 38.6. The average Bonchev–Trinajstić information content (AvgIpc) is 3.10. The van der Waals surface area contributed by atoms with Gasteiger partial charge in [0.15, 0.2) is 0 Å². The van der Waals surface area contributed by atoms with Gasteiger partial charge >= 0.3 is 12.1 Å². The number of amides is 1. The third-order valence-electron chi connectivity index (χ3n) is 6.30. The number of benzene rings is 1. The molecule has 1 aromatic carbocycles. The molecule has 4 rings (SSSR count). The molecule has 8 nitrogen and oxygen atoms in total. The molecule has 200 valence electrons. The number of piperazine rings is 1. The van der Waals surface area contributed by atoms with E-state index in [4.69, 9.17) is 14.5 Å². The molecular formula is C27H37N4O4PS. The third kappa shape index (κ3) is 6.51. The highest BCUT2D eigenvalue weighted by Crippen LogP contribution is 2.34. The lowest BCUT2D eigenvalue weighted by Crippen LogP contribution is -2.51. The first kappa shape index (κ1) is 27.6. The van der Waals surface area contributed by atoms with E-state index in [1.54, 1.807) is 23.2 Å². The Bertz CT molecular complexity index is 1280. The molecule has 0 saturated carbocycles. The van der Waals surface area contributed by atoms with Crippen LogP contribution in [0.1, 0.15) is 39.0 Å². The quantitative estimate of drug-likeness (QED) is 0.324. The zero-order chi connectivity index (χ0) is 26.9. The first-order chi connectivity index (χ1) is 17.4. The number of esters is 1. The van der Waals surface area contributed by atoms with Gasteiger partial charge in [0.05, 0.1) is 22.3 Å². The van der Waals surface area contributed by atoms with Crippen LogP contribution >= 0.6 is 20.6 Å². The number of rotatable bonds is 5. The maximum atomic E-state index is 13.8. The van der Waals surface area contributed by atoms with Crippen LogP contribution in [0.5, 0.6) is 0 Å². The summed E-state index contributed by atoms with van der Waals surface area (Å²) < 4.78 is 12.1. The summed E-state index contributed by atoms with van der Waals surface area (Å²) in [7, 11) is 4.64. The molecule has 3 atom stereocenters. The van der Waals surface area contributed by atoms with Crippen LogP contribution < -0.4 is 14.8 Å². The minimum absolute atomic E-state index is 0.0344. The van der Waals surface area contributed by atoms with Crippen molar-refractivity contribution in [3.63, 3.8) is 0 Å². The maximum Gasteiger partial charge on any atom is 0.423 e. The van der Waals surface area contributed by atoms with Crippen molar-refractivity contribution >= 4 is 49.8 Å². The van der Waals surface area contributed by atoms with E-state index >= 15 is 0 Å². The van der Waals surface area contributed by atoms with Gasteiger partial charge in [0.25, 0.3) is 0 Å². The van der Waals surface area contributed by atoms with E-state index in [0.29, 0.717) is 17.8 Å². The molecule has 0 radical (unpaired) electrons. The number of ether oxygens (including phenoxy) is 2. The van der Waals surface area contributed by atoms with E-state index < -0.39 is 18.4 Å². The first-order valence-corrected chi connectivity index (χ1v) is 14.1. The number of para-hydroxylation sites is 2. The molecule has 37 heavy (non-hydrogen) atoms. The highest BCUT2D eigenvalue weighted by molar-refractivity contribution is 7.19. The number of carbonyl (C=O) groups excluding carboxylic acids is 2. The zero-order valence-corrected chi connectivity index (χ0v) is 24.5. The van der Waals surface area contributed by atoms with Crippen LogP contribution in [0.4, 0.5) is 16.2 Å². The van der Waals surface area contributed by atoms with Crippen LogP contribution in [0.2, 0.25) is 0 Å². The summed E-state index contributed by atoms with van der Waals surface area (Å²) in [5.74, 6) is 0.340. The van der Waals surface area contributed by atoms with Crippen LogP contribution in [0.3, 0.4) is 0 Å². The largest absolute Gasteiger partial charge is 0.425 e. The molecule has 3 heterocycles. The Balaban J connectivity index is 1.68. The highest BCUT2D eigenvalue weighted by atomic mass is 32.1. The lowest BCUT2D eigenvalue weighted by molar-refractivity contribution is -0.164. The number of aryl methyl sites for hydroxylation is 1. The molecule has 0 bridgehead atoms. The third-order valence-corrected chi connectivity index (χ3v) is 7.75. The molecule has 3 unspecified atom stereocenters. The van der Waals surface area contributed by atoms with Crippen LogP contribution in [-0.4, -0.2) is 67.0 Å². The summed E-state index contributed by atoms with van der Waals surface area (Å²) in [5, 5.41) is 0.903. The Hall–Kier alpha value is -2.48. The molecule has 2 aliphatic heterocycles. The Morgan fingerprint density at radius 1 is 1.14 bits per heavy atom. The molecule has 0 aliphatic carbocycles. The van der Waals surface area contributed by atoms with Crippen LogP contribution in [0, 0.1) is 12.3 Å². The zero-order valence-electron chi connectivity index (χ0n) is 22.5. The predicted molar refractivity (Wildman–Crippen MR) is 151 cm³/mol. The number of hydrogen-bond acceptors (Lipinski definition) is 8. The van der Waals surface area contributed by atoms with Gasteiger partial charge in [-0.05, 0) is 44.0 Å². The molecule has 0 spiro atoms. The van der Waals surface area contributed by atoms with E-state index in [1.165, 1.54) is 0 Å². The molecule has 1 saturated heterocycles. The van der Waals surface area contributed by atoms with Crippen LogP contribution in [-0.2, 0) is 14.3 Å². The fourth-order valence-electron chi connectivity index (χ4n) is 4.56. The minimum Gasteiger partial charge on any atom is -0.425 e. The van der Waals surface area contributed by atoms with Gasteiger partial charge in [-0.25, -0.2) is 14.7 Å². The van der Waals surface area contributed by atoms with E-state index in [9.17, 15) is 9.59 Å². The molecular weight excluding hydrogens is 507 g/mol. The van der Waals surface area contributed by atoms with Crippen molar-refractivity contribution in [1.29, 1.82) is 0 Å². The first-order valence-electron chi connectivity index (χ1n) is 12.6. The Morgan fingerprint density at radius 3 is 2.49 bits per heavy atom. The average molecular weight is 545 g/mol. The normalized spacial score (nSPS) is 17.8. The Kier molecular flexibility index (Phi) is 8.26. The van der Waals surface area contributed by atoms with Gasteiger partial charge in [0.2, 0.25) is 6.29 Å². The number of thiophene rings is 1. The van der Waals surface area contributed by atoms with Crippen molar-refractivity contribution in [2.75, 3.05) is 38.1 Å². The fraction of sp³-hybridized carbons (Fsp3) is 0.519. The van der Waals surface area contributed by atoms with E-state index in [-0.39, 0.29) is 11.1 Å². The van der Waals surface area contributed by atoms with Crippen molar-refractivity contribution in [2.45, 2.75) is 53.0 Å². The monoisotopic (exact) mass is 544 g/mol. The van der Waals surface area contributed by atoms with Crippen molar-refractivity contribution in [2.24, 2.45) is 10.4 Å². The summed E-state index contributed by atoms with van der Waals surface area (Å²) >= 11 is 1.60. The van der Waals surface area contributed by atoms with E-state index in [0.717, 1.165) is 46.8 Å². The van der Waals surface area contributed by atoms with Crippen LogP contribution in [0.15, 0.2) is 35.3 Å². The summed E-state index contributed by atoms with van der Waals surface area (Å²) in [6.07, 6.45) is -1.02. The number of hydrogen-bond donors (Lipinski definition) is 0. The summed E-state index contributed by atoms with van der Waals surface area (Å²) in [5.41, 5.74) is 0.903. The predicted octanol–water partition coefficient (Wildman–Crippen LogP) is 3.85. The van der Waals surface area contributed by atoms with Crippen molar-refractivity contribution < 1.29 is 19.1 Å².